The molecule has 0 unspecified atom stereocenters. The minimum absolute atomic E-state index is 0.726. The van der Waals surface area contributed by atoms with Gasteiger partial charge in [-0.25, -0.2) is 0 Å². The van der Waals surface area contributed by atoms with Crippen LogP contribution in [0.2, 0.25) is 0 Å². The second-order valence-electron chi connectivity index (χ2n) is 4.35. The van der Waals surface area contributed by atoms with Crippen molar-refractivity contribution in [3.05, 3.63) is 41.0 Å². The molecule has 1 heterocycles. The topological polar surface area (TPSA) is 21.3 Å². The molecule has 16 heavy (non-hydrogen) atoms. The Hall–Kier alpha value is -1.28. The molecule has 1 N–H and O–H groups in total. The van der Waals surface area contributed by atoms with Crippen molar-refractivity contribution in [1.82, 2.24) is 5.32 Å². The number of benzene rings is 1. The molecule has 0 atom stereocenters. The van der Waals surface area contributed by atoms with E-state index in [1.165, 1.54) is 16.7 Å². The molecule has 0 amide bonds. The standard InChI is InChI=1S/C14H19NO/c1-11-3-4-14(9-12(11)2)16-10-13-5-7-15-8-6-13/h3-5,9,15H,6-8,10H2,1-2H3. The first-order chi connectivity index (χ1) is 7.75. The predicted octanol–water partition coefficient (Wildman–Crippen LogP) is 2.60. The fourth-order valence-electron chi connectivity index (χ4n) is 1.78. The lowest BCUT2D eigenvalue weighted by atomic mass is 10.1. The zero-order valence-electron chi connectivity index (χ0n) is 10.0. The van der Waals surface area contributed by atoms with Crippen molar-refractivity contribution in [2.75, 3.05) is 19.7 Å². The normalized spacial score (nSPS) is 15.8. The first-order valence-electron chi connectivity index (χ1n) is 5.84. The van der Waals surface area contributed by atoms with Gasteiger partial charge in [-0.05, 0) is 55.6 Å². The summed E-state index contributed by atoms with van der Waals surface area (Å²) in [5, 5.41) is 3.30. The number of hydrogen-bond donors (Lipinski definition) is 1. The fourth-order valence-corrected chi connectivity index (χ4v) is 1.78. The summed E-state index contributed by atoms with van der Waals surface area (Å²) in [7, 11) is 0. The third-order valence-electron chi connectivity index (χ3n) is 3.06. The summed E-state index contributed by atoms with van der Waals surface area (Å²) in [6.45, 7) is 7.01. The van der Waals surface area contributed by atoms with Gasteiger partial charge in [-0.2, -0.15) is 0 Å². The molecule has 0 saturated carbocycles. The molecule has 86 valence electrons. The number of nitrogens with one attached hydrogen (secondary N) is 1. The van der Waals surface area contributed by atoms with Crippen molar-refractivity contribution in [3.8, 4) is 5.75 Å². The highest BCUT2D eigenvalue weighted by Crippen LogP contribution is 2.17. The lowest BCUT2D eigenvalue weighted by molar-refractivity contribution is 0.344. The summed E-state index contributed by atoms with van der Waals surface area (Å²) in [6, 6.07) is 6.27. The highest BCUT2D eigenvalue weighted by molar-refractivity contribution is 5.34. The molecule has 1 aromatic carbocycles. The zero-order chi connectivity index (χ0) is 11.4. The van der Waals surface area contributed by atoms with Gasteiger partial charge >= 0.3 is 0 Å². The Balaban J connectivity index is 1.94. The Kier molecular flexibility index (Phi) is 3.62. The highest BCUT2D eigenvalue weighted by Gasteiger charge is 2.04. The number of ether oxygens (including phenoxy) is 1. The van der Waals surface area contributed by atoms with Crippen LogP contribution in [0.15, 0.2) is 29.8 Å². The van der Waals surface area contributed by atoms with Gasteiger partial charge in [0.1, 0.15) is 12.4 Å². The quantitative estimate of drug-likeness (QED) is 0.786. The Labute approximate surface area is 97.3 Å². The van der Waals surface area contributed by atoms with Gasteiger partial charge in [-0.15, -0.1) is 0 Å². The number of aryl methyl sites for hydroxylation is 2. The highest BCUT2D eigenvalue weighted by atomic mass is 16.5. The zero-order valence-corrected chi connectivity index (χ0v) is 10.0. The lowest BCUT2D eigenvalue weighted by Gasteiger charge is -2.15. The van der Waals surface area contributed by atoms with Crippen molar-refractivity contribution in [3.63, 3.8) is 0 Å². The number of hydrogen-bond acceptors (Lipinski definition) is 2. The van der Waals surface area contributed by atoms with Crippen LogP contribution in [0, 0.1) is 13.8 Å². The summed E-state index contributed by atoms with van der Waals surface area (Å²) in [5.74, 6) is 0.975. The van der Waals surface area contributed by atoms with E-state index >= 15 is 0 Å². The van der Waals surface area contributed by atoms with E-state index < -0.39 is 0 Å². The summed E-state index contributed by atoms with van der Waals surface area (Å²) >= 11 is 0. The van der Waals surface area contributed by atoms with E-state index in [0.29, 0.717) is 0 Å². The second kappa shape index (κ2) is 5.17. The van der Waals surface area contributed by atoms with Crippen molar-refractivity contribution >= 4 is 0 Å². The first kappa shape index (κ1) is 11.2. The van der Waals surface area contributed by atoms with E-state index in [-0.39, 0.29) is 0 Å². The van der Waals surface area contributed by atoms with Gasteiger partial charge in [0.05, 0.1) is 0 Å². The third kappa shape index (κ3) is 2.86. The molecule has 1 aliphatic heterocycles. The average Bonchev–Trinajstić information content (AvgIpc) is 2.32. The van der Waals surface area contributed by atoms with Crippen LogP contribution in [0.4, 0.5) is 0 Å². The smallest absolute Gasteiger partial charge is 0.120 e. The molecular weight excluding hydrogens is 198 g/mol. The van der Waals surface area contributed by atoms with E-state index in [9.17, 15) is 0 Å². The van der Waals surface area contributed by atoms with Crippen molar-refractivity contribution in [1.29, 1.82) is 0 Å². The minimum atomic E-state index is 0.726. The molecule has 2 nitrogen and oxygen atoms in total. The van der Waals surface area contributed by atoms with Crippen LogP contribution in [-0.4, -0.2) is 19.7 Å². The molecular formula is C14H19NO. The molecule has 0 fully saturated rings. The summed E-state index contributed by atoms with van der Waals surface area (Å²) in [4.78, 5) is 0. The molecule has 0 spiro atoms. The van der Waals surface area contributed by atoms with E-state index in [1.807, 2.05) is 6.07 Å². The lowest BCUT2D eigenvalue weighted by Crippen LogP contribution is -2.22. The first-order valence-corrected chi connectivity index (χ1v) is 5.84. The monoisotopic (exact) mass is 217 g/mol. The van der Waals surface area contributed by atoms with Crippen LogP contribution in [0.25, 0.3) is 0 Å². The Bertz CT molecular complexity index is 396. The van der Waals surface area contributed by atoms with Crippen LogP contribution in [0.1, 0.15) is 17.5 Å². The SMILES string of the molecule is Cc1ccc(OCC2=CCNCC2)cc1C. The van der Waals surface area contributed by atoms with Crippen molar-refractivity contribution in [2.24, 2.45) is 0 Å². The molecule has 2 rings (SSSR count). The molecule has 0 radical (unpaired) electrons. The van der Waals surface area contributed by atoms with Crippen LogP contribution < -0.4 is 10.1 Å². The maximum Gasteiger partial charge on any atom is 0.120 e. The summed E-state index contributed by atoms with van der Waals surface area (Å²) in [5.41, 5.74) is 4.00. The second-order valence-corrected chi connectivity index (χ2v) is 4.35. The van der Waals surface area contributed by atoms with Crippen LogP contribution in [0.5, 0.6) is 5.75 Å². The Morgan fingerprint density at radius 2 is 2.12 bits per heavy atom. The molecule has 0 bridgehead atoms. The van der Waals surface area contributed by atoms with Gasteiger partial charge in [0.2, 0.25) is 0 Å². The maximum atomic E-state index is 5.79. The van der Waals surface area contributed by atoms with Gasteiger partial charge in [0.15, 0.2) is 0 Å². The maximum absolute atomic E-state index is 5.79. The molecule has 1 aliphatic rings. The molecule has 0 aromatic heterocycles. The molecule has 2 heteroatoms. The molecule has 0 aliphatic carbocycles. The Morgan fingerprint density at radius 1 is 1.25 bits per heavy atom. The van der Waals surface area contributed by atoms with Crippen LogP contribution >= 0.6 is 0 Å². The van der Waals surface area contributed by atoms with Crippen LogP contribution in [0.3, 0.4) is 0 Å². The van der Waals surface area contributed by atoms with Gasteiger partial charge in [0.25, 0.3) is 0 Å². The van der Waals surface area contributed by atoms with E-state index in [1.54, 1.807) is 0 Å². The molecule has 1 aromatic rings. The van der Waals surface area contributed by atoms with Crippen molar-refractivity contribution in [2.45, 2.75) is 20.3 Å². The summed E-state index contributed by atoms with van der Waals surface area (Å²) < 4.78 is 5.79. The summed E-state index contributed by atoms with van der Waals surface area (Å²) in [6.07, 6.45) is 3.33. The minimum Gasteiger partial charge on any atom is -0.489 e. The average molecular weight is 217 g/mol. The van der Waals surface area contributed by atoms with Crippen molar-refractivity contribution < 1.29 is 4.74 Å². The van der Waals surface area contributed by atoms with Crippen LogP contribution in [-0.2, 0) is 0 Å². The molecule has 0 saturated heterocycles. The van der Waals surface area contributed by atoms with E-state index in [2.05, 4.69) is 37.4 Å². The van der Waals surface area contributed by atoms with Gasteiger partial charge in [-0.3, -0.25) is 0 Å². The van der Waals surface area contributed by atoms with Gasteiger partial charge in [-0.1, -0.05) is 12.1 Å². The Morgan fingerprint density at radius 3 is 2.81 bits per heavy atom. The number of rotatable bonds is 3. The van der Waals surface area contributed by atoms with E-state index in [4.69, 9.17) is 4.74 Å². The predicted molar refractivity (Wildman–Crippen MR) is 67.0 cm³/mol. The largest absolute Gasteiger partial charge is 0.489 e. The van der Waals surface area contributed by atoms with Gasteiger partial charge < -0.3 is 10.1 Å². The fraction of sp³-hybridized carbons (Fsp3) is 0.429. The van der Waals surface area contributed by atoms with Gasteiger partial charge in [0, 0.05) is 6.54 Å². The third-order valence-corrected chi connectivity index (χ3v) is 3.06. The van der Waals surface area contributed by atoms with E-state index in [0.717, 1.165) is 31.9 Å².